The summed E-state index contributed by atoms with van der Waals surface area (Å²) < 4.78 is 1.90. The van der Waals surface area contributed by atoms with E-state index < -0.39 is 0 Å². The van der Waals surface area contributed by atoms with Crippen molar-refractivity contribution in [3.8, 4) is 11.3 Å². The molecule has 1 amide bonds. The van der Waals surface area contributed by atoms with Crippen LogP contribution in [-0.2, 0) is 12.0 Å². The zero-order valence-electron chi connectivity index (χ0n) is 15.1. The average molecular weight is 325 g/mol. The van der Waals surface area contributed by atoms with E-state index in [1.165, 1.54) is 18.4 Å². The van der Waals surface area contributed by atoms with Crippen LogP contribution in [0.4, 0.5) is 0 Å². The van der Waals surface area contributed by atoms with Gasteiger partial charge in [0.1, 0.15) is 0 Å². The van der Waals surface area contributed by atoms with Crippen molar-refractivity contribution < 1.29 is 4.79 Å². The molecule has 0 spiro atoms. The lowest BCUT2D eigenvalue weighted by Crippen LogP contribution is -2.26. The van der Waals surface area contributed by atoms with Crippen LogP contribution in [0, 0.1) is 5.92 Å². The normalized spacial score (nSPS) is 14.7. The maximum absolute atomic E-state index is 12.3. The molecule has 1 N–H and O–H groups in total. The predicted molar refractivity (Wildman–Crippen MR) is 97.1 cm³/mol. The molecule has 3 rings (SSSR count). The molecule has 4 heteroatoms. The molecule has 24 heavy (non-hydrogen) atoms. The Morgan fingerprint density at radius 1 is 1.25 bits per heavy atom. The van der Waals surface area contributed by atoms with Crippen LogP contribution in [0.15, 0.2) is 30.3 Å². The number of aromatic nitrogens is 2. The topological polar surface area (TPSA) is 46.9 Å². The lowest BCUT2D eigenvalue weighted by atomic mass is 9.86. The van der Waals surface area contributed by atoms with Crippen LogP contribution >= 0.6 is 0 Å². The highest BCUT2D eigenvalue weighted by Gasteiger charge is 2.23. The number of nitrogens with one attached hydrogen (secondary N) is 1. The number of hydrogen-bond donors (Lipinski definition) is 1. The van der Waals surface area contributed by atoms with E-state index in [1.807, 2.05) is 17.7 Å². The van der Waals surface area contributed by atoms with Gasteiger partial charge in [-0.1, -0.05) is 45.0 Å². The molecule has 1 aliphatic carbocycles. The van der Waals surface area contributed by atoms with Gasteiger partial charge in [-0.05, 0) is 48.3 Å². The van der Waals surface area contributed by atoms with Crippen LogP contribution in [-0.4, -0.2) is 22.2 Å². The first kappa shape index (κ1) is 16.7. The SMILES string of the molecule is CCn1nc(C(=O)NCC2CC2)cc1-c1ccc(C(C)(C)C)cc1. The Labute approximate surface area is 144 Å². The second-order valence-corrected chi connectivity index (χ2v) is 7.71. The molecule has 0 bridgehead atoms. The minimum absolute atomic E-state index is 0.0679. The number of hydrogen-bond acceptors (Lipinski definition) is 2. The number of aryl methyl sites for hydroxylation is 1. The minimum Gasteiger partial charge on any atom is -0.350 e. The van der Waals surface area contributed by atoms with E-state index in [-0.39, 0.29) is 11.3 Å². The molecule has 1 aliphatic rings. The van der Waals surface area contributed by atoms with Crippen molar-refractivity contribution in [2.24, 2.45) is 5.92 Å². The van der Waals surface area contributed by atoms with Crippen molar-refractivity contribution in [1.29, 1.82) is 0 Å². The number of carbonyl (C=O) groups is 1. The molecule has 0 unspecified atom stereocenters. The Hall–Kier alpha value is -2.10. The summed E-state index contributed by atoms with van der Waals surface area (Å²) in [5.74, 6) is 0.605. The molecule has 1 aromatic heterocycles. The summed E-state index contributed by atoms with van der Waals surface area (Å²) >= 11 is 0. The summed E-state index contributed by atoms with van der Waals surface area (Å²) in [6.07, 6.45) is 2.46. The average Bonchev–Trinajstić information content (AvgIpc) is 3.28. The maximum Gasteiger partial charge on any atom is 0.271 e. The van der Waals surface area contributed by atoms with Gasteiger partial charge in [0, 0.05) is 13.1 Å². The van der Waals surface area contributed by atoms with E-state index in [0.29, 0.717) is 11.6 Å². The molecule has 128 valence electrons. The van der Waals surface area contributed by atoms with Gasteiger partial charge in [0.25, 0.3) is 5.91 Å². The fourth-order valence-electron chi connectivity index (χ4n) is 2.79. The Balaban J connectivity index is 1.82. The smallest absolute Gasteiger partial charge is 0.271 e. The quantitative estimate of drug-likeness (QED) is 0.903. The summed E-state index contributed by atoms with van der Waals surface area (Å²) in [4.78, 5) is 12.3. The van der Waals surface area contributed by atoms with Crippen LogP contribution in [0.5, 0.6) is 0 Å². The lowest BCUT2D eigenvalue weighted by molar-refractivity contribution is 0.0946. The van der Waals surface area contributed by atoms with Gasteiger partial charge in [0.15, 0.2) is 5.69 Å². The third kappa shape index (κ3) is 3.69. The molecule has 0 atom stereocenters. The fourth-order valence-corrected chi connectivity index (χ4v) is 2.79. The Kier molecular flexibility index (Phi) is 4.48. The summed E-state index contributed by atoms with van der Waals surface area (Å²) in [6, 6.07) is 10.5. The Bertz CT molecular complexity index is 718. The van der Waals surface area contributed by atoms with E-state index in [1.54, 1.807) is 0 Å². The van der Waals surface area contributed by atoms with E-state index >= 15 is 0 Å². The standard InChI is InChI=1S/C20H27N3O/c1-5-23-18(15-8-10-16(11-9-15)20(2,3)4)12-17(22-23)19(24)21-13-14-6-7-14/h8-12,14H,5-7,13H2,1-4H3,(H,21,24). The van der Waals surface area contributed by atoms with Gasteiger partial charge in [-0.3, -0.25) is 9.48 Å². The van der Waals surface area contributed by atoms with Gasteiger partial charge >= 0.3 is 0 Å². The van der Waals surface area contributed by atoms with Crippen molar-refractivity contribution in [3.05, 3.63) is 41.6 Å². The van der Waals surface area contributed by atoms with Crippen LogP contribution in [0.1, 0.15) is 56.6 Å². The number of benzene rings is 1. The predicted octanol–water partition coefficient (Wildman–Crippen LogP) is 4.01. The largest absolute Gasteiger partial charge is 0.350 e. The summed E-state index contributed by atoms with van der Waals surface area (Å²) in [7, 11) is 0. The molecule has 0 radical (unpaired) electrons. The van der Waals surface area contributed by atoms with Crippen molar-refractivity contribution in [2.45, 2.75) is 52.5 Å². The maximum atomic E-state index is 12.3. The summed E-state index contributed by atoms with van der Waals surface area (Å²) in [5, 5.41) is 7.47. The molecule has 1 saturated carbocycles. The molecular formula is C20H27N3O. The number of rotatable bonds is 5. The first-order chi connectivity index (χ1) is 11.4. The van der Waals surface area contributed by atoms with Crippen molar-refractivity contribution in [1.82, 2.24) is 15.1 Å². The third-order valence-electron chi connectivity index (χ3n) is 4.61. The zero-order valence-corrected chi connectivity index (χ0v) is 15.1. The number of nitrogens with zero attached hydrogens (tertiary/aromatic N) is 2. The minimum atomic E-state index is -0.0679. The van der Waals surface area contributed by atoms with Gasteiger partial charge in [0.05, 0.1) is 5.69 Å². The Morgan fingerprint density at radius 3 is 2.46 bits per heavy atom. The number of amides is 1. The van der Waals surface area contributed by atoms with Gasteiger partial charge < -0.3 is 5.32 Å². The zero-order chi connectivity index (χ0) is 17.3. The highest BCUT2D eigenvalue weighted by Crippen LogP contribution is 2.28. The van der Waals surface area contributed by atoms with Crippen LogP contribution in [0.2, 0.25) is 0 Å². The molecule has 0 saturated heterocycles. The molecule has 0 aliphatic heterocycles. The van der Waals surface area contributed by atoms with Crippen molar-refractivity contribution >= 4 is 5.91 Å². The molecule has 1 aromatic carbocycles. The van der Waals surface area contributed by atoms with Gasteiger partial charge in [0.2, 0.25) is 0 Å². The van der Waals surface area contributed by atoms with E-state index in [4.69, 9.17) is 0 Å². The Morgan fingerprint density at radius 2 is 1.92 bits per heavy atom. The molecule has 1 fully saturated rings. The molecular weight excluding hydrogens is 298 g/mol. The highest BCUT2D eigenvalue weighted by molar-refractivity contribution is 5.93. The fraction of sp³-hybridized carbons (Fsp3) is 0.500. The van der Waals surface area contributed by atoms with E-state index in [0.717, 1.165) is 24.3 Å². The first-order valence-corrected chi connectivity index (χ1v) is 8.85. The van der Waals surface area contributed by atoms with Crippen LogP contribution in [0.25, 0.3) is 11.3 Å². The van der Waals surface area contributed by atoms with Crippen molar-refractivity contribution in [2.75, 3.05) is 6.54 Å². The molecule has 4 nitrogen and oxygen atoms in total. The summed E-state index contributed by atoms with van der Waals surface area (Å²) in [6.45, 7) is 10.2. The van der Waals surface area contributed by atoms with Gasteiger partial charge in [-0.25, -0.2) is 0 Å². The van der Waals surface area contributed by atoms with E-state index in [9.17, 15) is 4.79 Å². The van der Waals surface area contributed by atoms with Gasteiger partial charge in [-0.15, -0.1) is 0 Å². The number of carbonyl (C=O) groups excluding carboxylic acids is 1. The summed E-state index contributed by atoms with van der Waals surface area (Å²) in [5.41, 5.74) is 4.04. The van der Waals surface area contributed by atoms with Crippen LogP contribution < -0.4 is 5.32 Å². The molecule has 2 aromatic rings. The molecule has 1 heterocycles. The lowest BCUT2D eigenvalue weighted by Gasteiger charge is -2.19. The van der Waals surface area contributed by atoms with Crippen molar-refractivity contribution in [3.63, 3.8) is 0 Å². The highest BCUT2D eigenvalue weighted by atomic mass is 16.1. The third-order valence-corrected chi connectivity index (χ3v) is 4.61. The van der Waals surface area contributed by atoms with Gasteiger partial charge in [-0.2, -0.15) is 5.10 Å². The second kappa shape index (κ2) is 6.42. The first-order valence-electron chi connectivity index (χ1n) is 8.85. The monoisotopic (exact) mass is 325 g/mol. The van der Waals surface area contributed by atoms with Crippen LogP contribution in [0.3, 0.4) is 0 Å². The van der Waals surface area contributed by atoms with E-state index in [2.05, 4.69) is 55.5 Å². The second-order valence-electron chi connectivity index (χ2n) is 7.71.